The van der Waals surface area contributed by atoms with Crippen molar-refractivity contribution in [1.82, 2.24) is 0 Å². The van der Waals surface area contributed by atoms with Crippen LogP contribution in [0.25, 0.3) is 10.8 Å². The lowest BCUT2D eigenvalue weighted by molar-refractivity contribution is 0.442. The molecule has 5 heteroatoms. The molecule has 0 saturated carbocycles. The second-order valence-corrected chi connectivity index (χ2v) is 4.62. The minimum Gasteiger partial charge on any atom is -0.740 e. The Bertz CT molecular complexity index is 527. The van der Waals surface area contributed by atoms with Crippen LogP contribution < -0.4 is 4.18 Å². The molecular weight excluding hydrogens is 327 g/mol. The highest BCUT2D eigenvalue weighted by Crippen LogP contribution is 2.28. The van der Waals surface area contributed by atoms with Gasteiger partial charge >= 0.3 is 0 Å². The van der Waals surface area contributed by atoms with Crippen LogP contribution in [0.3, 0.4) is 0 Å². The van der Waals surface area contributed by atoms with Crippen molar-refractivity contribution in [2.45, 2.75) is 0 Å². The molecule has 2 aromatic carbocycles. The lowest BCUT2D eigenvalue weighted by atomic mass is 10.1. The van der Waals surface area contributed by atoms with Gasteiger partial charge in [-0.25, -0.2) is 4.21 Å². The van der Waals surface area contributed by atoms with E-state index < -0.39 is 11.4 Å². The molecule has 0 spiro atoms. The Labute approximate surface area is 103 Å². The normalized spacial score (nSPS) is 12.7. The van der Waals surface area contributed by atoms with Crippen molar-refractivity contribution in [2.75, 3.05) is 0 Å². The van der Waals surface area contributed by atoms with Crippen molar-refractivity contribution in [3.63, 3.8) is 0 Å². The lowest BCUT2D eigenvalue weighted by Gasteiger charge is -2.10. The van der Waals surface area contributed by atoms with Gasteiger partial charge in [-0.15, -0.1) is 0 Å². The fraction of sp³-hybridized carbons (Fsp3) is 0. The number of hydrogen-bond donors (Lipinski definition) is 0. The minimum absolute atomic E-state index is 0.361. The zero-order valence-corrected chi connectivity index (χ0v) is 10.4. The molecule has 15 heavy (non-hydrogen) atoms. The second-order valence-electron chi connectivity index (χ2n) is 2.88. The van der Waals surface area contributed by atoms with Crippen LogP contribution in [0.1, 0.15) is 0 Å². The standard InChI is InChI=1S/C10H7IO3S/c11-9-5-1-4-8-7(9)3-2-6-10(8)14-15(12)13/h1-6H,(H,12,13)/p-1. The van der Waals surface area contributed by atoms with Crippen LogP contribution >= 0.6 is 22.6 Å². The SMILES string of the molecule is O=S([O-])Oc1cccc2c(I)cccc12. The predicted molar refractivity (Wildman–Crippen MR) is 66.2 cm³/mol. The van der Waals surface area contributed by atoms with E-state index in [0.717, 1.165) is 14.3 Å². The van der Waals surface area contributed by atoms with E-state index in [1.165, 1.54) is 0 Å². The number of halogens is 1. The third-order valence-electron chi connectivity index (χ3n) is 1.99. The maximum Gasteiger partial charge on any atom is 0.147 e. The van der Waals surface area contributed by atoms with E-state index in [-0.39, 0.29) is 0 Å². The fourth-order valence-electron chi connectivity index (χ4n) is 1.39. The molecule has 0 heterocycles. The van der Waals surface area contributed by atoms with Gasteiger partial charge in [-0.05, 0) is 40.1 Å². The van der Waals surface area contributed by atoms with E-state index in [1.54, 1.807) is 12.1 Å². The molecule has 0 N–H and O–H groups in total. The molecule has 1 atom stereocenters. The predicted octanol–water partition coefficient (Wildman–Crippen LogP) is 2.62. The van der Waals surface area contributed by atoms with Crippen LogP contribution in [0, 0.1) is 3.57 Å². The third-order valence-corrected chi connectivity index (χ3v) is 3.24. The molecule has 2 aromatic rings. The van der Waals surface area contributed by atoms with E-state index in [0.29, 0.717) is 5.75 Å². The quantitative estimate of drug-likeness (QED) is 0.627. The van der Waals surface area contributed by atoms with Crippen LogP contribution in [-0.2, 0) is 11.4 Å². The molecule has 0 bridgehead atoms. The Morgan fingerprint density at radius 3 is 2.53 bits per heavy atom. The van der Waals surface area contributed by atoms with Gasteiger partial charge in [-0.3, -0.25) is 0 Å². The molecule has 0 fully saturated rings. The van der Waals surface area contributed by atoms with Crippen molar-refractivity contribution in [1.29, 1.82) is 0 Å². The molecule has 2 rings (SSSR count). The molecule has 78 valence electrons. The summed E-state index contributed by atoms with van der Waals surface area (Å²) in [6.45, 7) is 0. The summed E-state index contributed by atoms with van der Waals surface area (Å²) >= 11 is -0.333. The monoisotopic (exact) mass is 333 g/mol. The number of benzene rings is 2. The maximum absolute atomic E-state index is 10.5. The van der Waals surface area contributed by atoms with E-state index in [1.807, 2.05) is 24.3 Å². The summed E-state index contributed by atoms with van der Waals surface area (Å²) in [5, 5.41) is 1.79. The smallest absolute Gasteiger partial charge is 0.147 e. The Morgan fingerprint density at radius 2 is 1.80 bits per heavy atom. The highest BCUT2D eigenvalue weighted by molar-refractivity contribution is 14.1. The van der Waals surface area contributed by atoms with Crippen molar-refractivity contribution >= 4 is 44.7 Å². The first kappa shape index (κ1) is 10.8. The van der Waals surface area contributed by atoms with Gasteiger partial charge in [-0.2, -0.15) is 0 Å². The summed E-state index contributed by atoms with van der Waals surface area (Å²) in [6.07, 6.45) is 0. The van der Waals surface area contributed by atoms with E-state index in [9.17, 15) is 8.76 Å². The summed E-state index contributed by atoms with van der Waals surface area (Å²) in [5.41, 5.74) is 0. The molecule has 1 unspecified atom stereocenters. The molecular formula is C10H6IO3S-. The maximum atomic E-state index is 10.5. The van der Waals surface area contributed by atoms with Gasteiger partial charge in [-0.1, -0.05) is 24.3 Å². The first-order valence-electron chi connectivity index (χ1n) is 4.13. The minimum atomic E-state index is -2.53. The number of rotatable bonds is 2. The summed E-state index contributed by atoms with van der Waals surface area (Å²) < 4.78 is 26.7. The Hall–Kier alpha value is -0.660. The molecule has 0 radical (unpaired) electrons. The number of fused-ring (bicyclic) bond motifs is 1. The van der Waals surface area contributed by atoms with Crippen molar-refractivity contribution in [3.8, 4) is 5.75 Å². The average molecular weight is 333 g/mol. The van der Waals surface area contributed by atoms with Gasteiger partial charge in [0, 0.05) is 8.96 Å². The molecule has 0 aromatic heterocycles. The van der Waals surface area contributed by atoms with Crippen LogP contribution in [0.15, 0.2) is 36.4 Å². The zero-order chi connectivity index (χ0) is 10.8. The first-order chi connectivity index (χ1) is 7.18. The van der Waals surface area contributed by atoms with Crippen LogP contribution in [0.4, 0.5) is 0 Å². The van der Waals surface area contributed by atoms with Crippen molar-refractivity contribution in [2.24, 2.45) is 0 Å². The van der Waals surface area contributed by atoms with E-state index in [4.69, 9.17) is 4.18 Å². The zero-order valence-electron chi connectivity index (χ0n) is 7.48. The first-order valence-corrected chi connectivity index (χ1v) is 6.21. The van der Waals surface area contributed by atoms with Gasteiger partial charge in [0.1, 0.15) is 17.1 Å². The van der Waals surface area contributed by atoms with Crippen LogP contribution in [-0.4, -0.2) is 8.76 Å². The summed E-state index contributed by atoms with van der Waals surface area (Å²) in [7, 11) is 0. The highest BCUT2D eigenvalue weighted by Gasteiger charge is 2.03. The van der Waals surface area contributed by atoms with Crippen LogP contribution in [0.2, 0.25) is 0 Å². The molecule has 0 aliphatic carbocycles. The molecule has 0 aliphatic rings. The Balaban J connectivity index is 2.65. The van der Waals surface area contributed by atoms with Crippen LogP contribution in [0.5, 0.6) is 5.75 Å². The molecule has 0 aliphatic heterocycles. The van der Waals surface area contributed by atoms with Crippen molar-refractivity contribution in [3.05, 3.63) is 40.0 Å². The summed E-state index contributed by atoms with van der Waals surface area (Å²) in [4.78, 5) is 0. The molecule has 0 amide bonds. The van der Waals surface area contributed by atoms with E-state index >= 15 is 0 Å². The topological polar surface area (TPSA) is 49.4 Å². The second kappa shape index (κ2) is 4.46. The summed E-state index contributed by atoms with van der Waals surface area (Å²) in [5.74, 6) is 0.361. The average Bonchev–Trinajstić information content (AvgIpc) is 2.19. The Morgan fingerprint density at radius 1 is 1.13 bits per heavy atom. The highest BCUT2D eigenvalue weighted by atomic mass is 127. The van der Waals surface area contributed by atoms with Gasteiger partial charge in [0.05, 0.1) is 0 Å². The molecule has 3 nitrogen and oxygen atoms in total. The van der Waals surface area contributed by atoms with Gasteiger partial charge < -0.3 is 8.74 Å². The summed E-state index contributed by atoms with van der Waals surface area (Å²) in [6, 6.07) is 11.0. The Kier molecular flexibility index (Phi) is 3.22. The van der Waals surface area contributed by atoms with Gasteiger partial charge in [0.2, 0.25) is 0 Å². The lowest BCUT2D eigenvalue weighted by Crippen LogP contribution is -1.98. The van der Waals surface area contributed by atoms with E-state index in [2.05, 4.69) is 22.6 Å². The number of hydrogen-bond acceptors (Lipinski definition) is 3. The van der Waals surface area contributed by atoms with Gasteiger partial charge in [0.15, 0.2) is 0 Å². The third kappa shape index (κ3) is 2.30. The molecule has 0 saturated heterocycles. The fourth-order valence-corrected chi connectivity index (χ4v) is 2.36. The van der Waals surface area contributed by atoms with Crippen molar-refractivity contribution < 1.29 is 12.9 Å². The largest absolute Gasteiger partial charge is 0.740 e. The van der Waals surface area contributed by atoms with Gasteiger partial charge in [0.25, 0.3) is 0 Å².